The number of nitrogens with one attached hydrogen (secondary N) is 3. The molecule has 2 heterocycles. The summed E-state index contributed by atoms with van der Waals surface area (Å²) in [6, 6.07) is 7.14. The van der Waals surface area contributed by atoms with Crippen molar-refractivity contribution in [1.29, 1.82) is 0 Å². The summed E-state index contributed by atoms with van der Waals surface area (Å²) in [6.07, 6.45) is 6.17. The zero-order valence-corrected chi connectivity index (χ0v) is 14.7. The van der Waals surface area contributed by atoms with Crippen LogP contribution in [0.25, 0.3) is 0 Å². The molecule has 1 aromatic carbocycles. The van der Waals surface area contributed by atoms with Crippen molar-refractivity contribution in [2.24, 2.45) is 7.05 Å². The van der Waals surface area contributed by atoms with E-state index in [1.807, 2.05) is 13.1 Å². The molecule has 8 nitrogen and oxygen atoms in total. The molecule has 132 valence electrons. The quantitative estimate of drug-likeness (QED) is 0.575. The van der Waals surface area contributed by atoms with Crippen molar-refractivity contribution >= 4 is 46.5 Å². The number of hydrogen-bond donors (Lipinski definition) is 3. The number of aromatic nitrogens is 4. The second-order valence-electron chi connectivity index (χ2n) is 5.34. The molecule has 2 aromatic heterocycles. The van der Waals surface area contributed by atoms with Gasteiger partial charge in [-0.3, -0.25) is 4.79 Å². The van der Waals surface area contributed by atoms with Gasteiger partial charge in [0, 0.05) is 24.6 Å². The van der Waals surface area contributed by atoms with Gasteiger partial charge in [0.05, 0.1) is 12.5 Å². The maximum atomic E-state index is 11.4. The van der Waals surface area contributed by atoms with Crippen LogP contribution in [0, 0.1) is 0 Å². The monoisotopic (exact) mass is 369 g/mol. The Labute approximate surface area is 155 Å². The van der Waals surface area contributed by atoms with Gasteiger partial charge in [-0.1, -0.05) is 24.2 Å². The molecule has 0 saturated heterocycles. The minimum Gasteiger partial charge on any atom is -0.339 e. The summed E-state index contributed by atoms with van der Waals surface area (Å²) in [5.74, 6) is 1.11. The number of anilines is 5. The largest absolute Gasteiger partial charge is 0.339 e. The summed E-state index contributed by atoms with van der Waals surface area (Å²) in [5.41, 5.74) is 1.33. The first kappa shape index (κ1) is 17.4. The van der Waals surface area contributed by atoms with E-state index in [0.717, 1.165) is 0 Å². The first-order valence-corrected chi connectivity index (χ1v) is 7.99. The van der Waals surface area contributed by atoms with Crippen LogP contribution in [-0.2, 0) is 11.8 Å². The van der Waals surface area contributed by atoms with Gasteiger partial charge >= 0.3 is 0 Å². The maximum Gasteiger partial charge on any atom is 0.247 e. The number of nitrogens with zero attached hydrogens (tertiary/aromatic N) is 4. The van der Waals surface area contributed by atoms with Crippen LogP contribution in [0.2, 0.25) is 5.02 Å². The number of rotatable bonds is 6. The Morgan fingerprint density at radius 3 is 2.81 bits per heavy atom. The highest BCUT2D eigenvalue weighted by atomic mass is 35.5. The molecule has 0 aliphatic carbocycles. The smallest absolute Gasteiger partial charge is 0.247 e. The molecule has 0 saturated carbocycles. The highest BCUT2D eigenvalue weighted by molar-refractivity contribution is 6.32. The Balaban J connectivity index is 1.78. The molecular weight excluding hydrogens is 354 g/mol. The van der Waals surface area contributed by atoms with E-state index in [9.17, 15) is 4.79 Å². The van der Waals surface area contributed by atoms with Crippen molar-refractivity contribution in [3.63, 3.8) is 0 Å². The van der Waals surface area contributed by atoms with Crippen LogP contribution < -0.4 is 16.0 Å². The summed E-state index contributed by atoms with van der Waals surface area (Å²) < 4.78 is 1.81. The third kappa shape index (κ3) is 4.37. The van der Waals surface area contributed by atoms with Gasteiger partial charge in [-0.2, -0.15) is 4.98 Å². The van der Waals surface area contributed by atoms with Crippen molar-refractivity contribution < 1.29 is 4.79 Å². The fraction of sp³-hybridized carbons (Fsp3) is 0.0588. The van der Waals surface area contributed by atoms with Gasteiger partial charge < -0.3 is 20.5 Å². The minimum atomic E-state index is -0.288. The second kappa shape index (κ2) is 7.66. The van der Waals surface area contributed by atoms with E-state index in [-0.39, 0.29) is 5.91 Å². The molecule has 0 aliphatic heterocycles. The average Bonchev–Trinajstić information content (AvgIpc) is 3.03. The SMILES string of the molecule is C=CC(=O)Nc1cccc(Nc2nc(Nc3cn(C)cn3)ncc2Cl)c1. The third-order valence-electron chi connectivity index (χ3n) is 3.27. The second-order valence-corrected chi connectivity index (χ2v) is 5.75. The molecule has 3 N–H and O–H groups in total. The number of amides is 1. The van der Waals surface area contributed by atoms with Gasteiger partial charge in [-0.25, -0.2) is 9.97 Å². The summed E-state index contributed by atoms with van der Waals surface area (Å²) in [7, 11) is 1.87. The number of carbonyl (C=O) groups is 1. The van der Waals surface area contributed by atoms with E-state index >= 15 is 0 Å². The zero-order valence-electron chi connectivity index (χ0n) is 13.9. The lowest BCUT2D eigenvalue weighted by molar-refractivity contribution is -0.111. The molecule has 0 aliphatic rings. The number of halogens is 1. The predicted octanol–water partition coefficient (Wildman–Crippen LogP) is 3.48. The van der Waals surface area contributed by atoms with E-state index in [4.69, 9.17) is 11.6 Å². The molecule has 26 heavy (non-hydrogen) atoms. The first-order valence-electron chi connectivity index (χ1n) is 7.61. The number of carbonyl (C=O) groups excluding carboxylic acids is 1. The number of imidazole rings is 1. The number of hydrogen-bond acceptors (Lipinski definition) is 6. The number of aryl methyl sites for hydroxylation is 1. The topological polar surface area (TPSA) is 96.8 Å². The lowest BCUT2D eigenvalue weighted by Gasteiger charge is -2.10. The van der Waals surface area contributed by atoms with Crippen molar-refractivity contribution in [3.05, 3.63) is 60.7 Å². The van der Waals surface area contributed by atoms with Crippen molar-refractivity contribution in [2.45, 2.75) is 0 Å². The Hall–Kier alpha value is -3.39. The molecular formula is C17H16ClN7O. The Bertz CT molecular complexity index is 954. The first-order chi connectivity index (χ1) is 12.5. The summed E-state index contributed by atoms with van der Waals surface area (Å²) >= 11 is 6.18. The third-order valence-corrected chi connectivity index (χ3v) is 3.54. The van der Waals surface area contributed by atoms with Gasteiger partial charge in [0.1, 0.15) is 5.02 Å². The molecule has 0 bridgehead atoms. The zero-order chi connectivity index (χ0) is 18.5. The van der Waals surface area contributed by atoms with Gasteiger partial charge in [0.2, 0.25) is 11.9 Å². The number of benzene rings is 1. The van der Waals surface area contributed by atoms with Crippen LogP contribution in [0.1, 0.15) is 0 Å². The van der Waals surface area contributed by atoms with Crippen LogP contribution in [0.4, 0.5) is 29.0 Å². The lowest BCUT2D eigenvalue weighted by Crippen LogP contribution is -2.07. The van der Waals surface area contributed by atoms with Crippen LogP contribution in [-0.4, -0.2) is 25.4 Å². The summed E-state index contributed by atoms with van der Waals surface area (Å²) in [6.45, 7) is 3.43. The summed E-state index contributed by atoms with van der Waals surface area (Å²) in [4.78, 5) is 24.1. The van der Waals surface area contributed by atoms with E-state index in [1.54, 1.807) is 35.3 Å². The van der Waals surface area contributed by atoms with Gasteiger partial charge in [-0.15, -0.1) is 0 Å². The molecule has 0 unspecified atom stereocenters. The van der Waals surface area contributed by atoms with Crippen molar-refractivity contribution in [1.82, 2.24) is 19.5 Å². The average molecular weight is 370 g/mol. The van der Waals surface area contributed by atoms with Gasteiger partial charge in [0.25, 0.3) is 0 Å². The van der Waals surface area contributed by atoms with Crippen LogP contribution in [0.5, 0.6) is 0 Å². The fourth-order valence-electron chi connectivity index (χ4n) is 2.11. The van der Waals surface area contributed by atoms with Crippen LogP contribution >= 0.6 is 11.6 Å². The molecule has 9 heteroatoms. The fourth-order valence-corrected chi connectivity index (χ4v) is 2.25. The van der Waals surface area contributed by atoms with E-state index in [0.29, 0.717) is 34.0 Å². The Morgan fingerprint density at radius 1 is 1.27 bits per heavy atom. The van der Waals surface area contributed by atoms with Crippen molar-refractivity contribution in [3.8, 4) is 0 Å². The van der Waals surface area contributed by atoms with Gasteiger partial charge in [-0.05, 0) is 24.3 Å². The predicted molar refractivity (Wildman–Crippen MR) is 102 cm³/mol. The lowest BCUT2D eigenvalue weighted by atomic mass is 10.2. The molecule has 3 aromatic rings. The van der Waals surface area contributed by atoms with Gasteiger partial charge in [0.15, 0.2) is 11.6 Å². The Kier molecular flexibility index (Phi) is 5.14. The van der Waals surface area contributed by atoms with E-state index < -0.39 is 0 Å². The molecule has 0 atom stereocenters. The highest BCUT2D eigenvalue weighted by Gasteiger charge is 2.08. The van der Waals surface area contributed by atoms with Crippen LogP contribution in [0.15, 0.2) is 55.6 Å². The van der Waals surface area contributed by atoms with E-state index in [1.165, 1.54) is 12.3 Å². The van der Waals surface area contributed by atoms with Crippen LogP contribution in [0.3, 0.4) is 0 Å². The molecule has 1 amide bonds. The summed E-state index contributed by atoms with van der Waals surface area (Å²) in [5, 5.41) is 9.16. The maximum absolute atomic E-state index is 11.4. The van der Waals surface area contributed by atoms with Crippen molar-refractivity contribution in [2.75, 3.05) is 16.0 Å². The molecule has 0 radical (unpaired) electrons. The standard InChI is InChI=1S/C17H16ClN7O/c1-3-15(26)21-11-5-4-6-12(7-11)22-16-13(18)8-19-17(24-16)23-14-9-25(2)10-20-14/h3-10H,1H2,2H3,(H,21,26)(H2,19,22,23,24). The normalized spacial score (nSPS) is 10.2. The molecule has 3 rings (SSSR count). The molecule has 0 fully saturated rings. The minimum absolute atomic E-state index is 0.288. The molecule has 0 spiro atoms. The van der Waals surface area contributed by atoms with E-state index in [2.05, 4.69) is 37.5 Å². The Morgan fingerprint density at radius 2 is 2.08 bits per heavy atom. The highest BCUT2D eigenvalue weighted by Crippen LogP contribution is 2.26.